The Balaban J connectivity index is 1.93. The molecule has 0 radical (unpaired) electrons. The molecule has 2 aromatic heterocycles. The second kappa shape index (κ2) is 5.35. The highest BCUT2D eigenvalue weighted by molar-refractivity contribution is 5.70. The molecule has 124 valence electrons. The van der Waals surface area contributed by atoms with E-state index in [-0.39, 0.29) is 11.2 Å². The summed E-state index contributed by atoms with van der Waals surface area (Å²) in [6.07, 6.45) is 5.89. The Labute approximate surface area is 134 Å². The average molecular weight is 316 g/mol. The monoisotopic (exact) mass is 316 g/mol. The molecule has 0 unspecified atom stereocenters. The van der Waals surface area contributed by atoms with Gasteiger partial charge in [0.25, 0.3) is 5.56 Å². The van der Waals surface area contributed by atoms with Crippen LogP contribution in [0.4, 0.5) is 0 Å². The third kappa shape index (κ3) is 2.35. The van der Waals surface area contributed by atoms with Crippen molar-refractivity contribution in [1.82, 2.24) is 19.1 Å². The van der Waals surface area contributed by atoms with E-state index in [0.717, 1.165) is 12.2 Å². The van der Waals surface area contributed by atoms with Crippen molar-refractivity contribution >= 4 is 11.2 Å². The van der Waals surface area contributed by atoms with Crippen molar-refractivity contribution in [2.75, 3.05) is 0 Å². The second-order valence-corrected chi connectivity index (χ2v) is 7.00. The maximum absolute atomic E-state index is 12.6. The van der Waals surface area contributed by atoms with Gasteiger partial charge in [0.2, 0.25) is 0 Å². The van der Waals surface area contributed by atoms with Gasteiger partial charge in [-0.15, -0.1) is 0 Å². The van der Waals surface area contributed by atoms with Crippen molar-refractivity contribution in [3.8, 4) is 0 Å². The number of nitrogens with zero attached hydrogens (tertiary/aromatic N) is 3. The number of aryl methyl sites for hydroxylation is 1. The number of H-pyrrole nitrogens is 1. The molecule has 2 fully saturated rings. The van der Waals surface area contributed by atoms with Gasteiger partial charge >= 0.3 is 5.69 Å². The summed E-state index contributed by atoms with van der Waals surface area (Å²) in [5, 5.41) is 0. The van der Waals surface area contributed by atoms with Gasteiger partial charge in [-0.05, 0) is 50.9 Å². The molecule has 2 saturated carbocycles. The Kier molecular flexibility index (Phi) is 3.43. The van der Waals surface area contributed by atoms with Crippen LogP contribution in [0.2, 0.25) is 0 Å². The Hall–Kier alpha value is -1.85. The first kappa shape index (κ1) is 14.7. The fourth-order valence-electron chi connectivity index (χ4n) is 3.79. The van der Waals surface area contributed by atoms with Gasteiger partial charge in [-0.1, -0.05) is 6.92 Å². The van der Waals surface area contributed by atoms with E-state index in [4.69, 9.17) is 4.98 Å². The van der Waals surface area contributed by atoms with Crippen LogP contribution in [0.15, 0.2) is 9.59 Å². The zero-order chi connectivity index (χ0) is 16.1. The number of aromatic nitrogens is 4. The van der Waals surface area contributed by atoms with Crippen molar-refractivity contribution in [2.24, 2.45) is 11.8 Å². The number of imidazole rings is 1. The van der Waals surface area contributed by atoms with Crippen LogP contribution in [0.5, 0.6) is 0 Å². The van der Waals surface area contributed by atoms with E-state index in [2.05, 4.69) is 4.98 Å². The number of hydrogen-bond acceptors (Lipinski definition) is 3. The van der Waals surface area contributed by atoms with Crippen LogP contribution in [0.1, 0.15) is 57.7 Å². The zero-order valence-electron chi connectivity index (χ0n) is 13.8. The average Bonchev–Trinajstić information content (AvgIpc) is 3.45. The molecule has 0 amide bonds. The fourth-order valence-corrected chi connectivity index (χ4v) is 3.79. The largest absolute Gasteiger partial charge is 0.336 e. The highest BCUT2D eigenvalue weighted by atomic mass is 16.2. The third-order valence-electron chi connectivity index (χ3n) is 5.22. The molecule has 1 N–H and O–H groups in total. The van der Waals surface area contributed by atoms with E-state index in [1.807, 2.05) is 13.8 Å². The summed E-state index contributed by atoms with van der Waals surface area (Å²) in [4.78, 5) is 33.2. The van der Waals surface area contributed by atoms with E-state index in [1.165, 1.54) is 30.3 Å². The van der Waals surface area contributed by atoms with Gasteiger partial charge in [0.1, 0.15) is 11.3 Å². The lowest BCUT2D eigenvalue weighted by Gasteiger charge is -2.11. The highest BCUT2D eigenvalue weighted by Gasteiger charge is 2.44. The van der Waals surface area contributed by atoms with Crippen molar-refractivity contribution in [3.05, 3.63) is 26.7 Å². The second-order valence-electron chi connectivity index (χ2n) is 7.00. The van der Waals surface area contributed by atoms with Crippen LogP contribution in [0.3, 0.4) is 0 Å². The zero-order valence-corrected chi connectivity index (χ0v) is 13.8. The van der Waals surface area contributed by atoms with Crippen LogP contribution in [0.25, 0.3) is 11.2 Å². The van der Waals surface area contributed by atoms with Gasteiger partial charge in [-0.2, -0.15) is 0 Å². The highest BCUT2D eigenvalue weighted by Crippen LogP contribution is 2.53. The Morgan fingerprint density at radius 3 is 2.30 bits per heavy atom. The molecule has 0 atom stereocenters. The predicted molar refractivity (Wildman–Crippen MR) is 88.8 cm³/mol. The van der Waals surface area contributed by atoms with Gasteiger partial charge in [0.15, 0.2) is 5.65 Å². The molecular weight excluding hydrogens is 292 g/mol. The number of rotatable bonds is 6. The fraction of sp³-hybridized carbons (Fsp3) is 0.706. The summed E-state index contributed by atoms with van der Waals surface area (Å²) in [6, 6.07) is 0. The Bertz CT molecular complexity index is 840. The molecule has 0 aromatic carbocycles. The normalized spacial score (nSPS) is 18.2. The van der Waals surface area contributed by atoms with Gasteiger partial charge in [0.05, 0.1) is 0 Å². The van der Waals surface area contributed by atoms with Gasteiger partial charge in [-0.25, -0.2) is 9.78 Å². The van der Waals surface area contributed by atoms with Gasteiger partial charge < -0.3 is 4.98 Å². The Morgan fingerprint density at radius 1 is 1.13 bits per heavy atom. The number of aromatic amines is 1. The quantitative estimate of drug-likeness (QED) is 0.888. The minimum Gasteiger partial charge on any atom is -0.336 e. The molecule has 0 bridgehead atoms. The molecule has 4 rings (SSSR count). The van der Waals surface area contributed by atoms with Crippen molar-refractivity contribution < 1.29 is 0 Å². The summed E-state index contributed by atoms with van der Waals surface area (Å²) in [5.74, 6) is 2.80. The number of hydrogen-bond donors (Lipinski definition) is 1. The maximum atomic E-state index is 12.6. The van der Waals surface area contributed by atoms with Crippen LogP contribution < -0.4 is 11.2 Å². The first-order chi connectivity index (χ1) is 11.2. The molecule has 23 heavy (non-hydrogen) atoms. The van der Waals surface area contributed by atoms with Crippen molar-refractivity contribution in [3.63, 3.8) is 0 Å². The molecule has 6 heteroatoms. The van der Waals surface area contributed by atoms with Crippen LogP contribution in [-0.2, 0) is 13.1 Å². The predicted octanol–water partition coefficient (Wildman–Crippen LogP) is 2.22. The SMILES string of the molecule is CCCn1c(=O)n(CC)c(=O)c2[nH]c(C(C3CC3)C3CC3)nc21. The lowest BCUT2D eigenvalue weighted by Crippen LogP contribution is -2.39. The number of fused-ring (bicyclic) bond motifs is 1. The van der Waals surface area contributed by atoms with E-state index >= 15 is 0 Å². The molecule has 2 aliphatic carbocycles. The Morgan fingerprint density at radius 2 is 1.78 bits per heavy atom. The van der Waals surface area contributed by atoms with Crippen molar-refractivity contribution in [1.29, 1.82) is 0 Å². The topological polar surface area (TPSA) is 72.7 Å². The van der Waals surface area contributed by atoms with Gasteiger partial charge in [0, 0.05) is 19.0 Å². The summed E-state index contributed by atoms with van der Waals surface area (Å²) in [5.41, 5.74) is 0.581. The summed E-state index contributed by atoms with van der Waals surface area (Å²) < 4.78 is 2.97. The lowest BCUT2D eigenvalue weighted by molar-refractivity contribution is 0.513. The van der Waals surface area contributed by atoms with E-state index in [1.54, 1.807) is 4.57 Å². The molecular formula is C17H24N4O2. The number of nitrogens with one attached hydrogen (secondary N) is 1. The molecule has 6 nitrogen and oxygen atoms in total. The molecule has 0 saturated heterocycles. The maximum Gasteiger partial charge on any atom is 0.332 e. The molecule has 0 aliphatic heterocycles. The lowest BCUT2D eigenvalue weighted by atomic mass is 9.97. The van der Waals surface area contributed by atoms with E-state index < -0.39 is 0 Å². The molecule has 0 spiro atoms. The standard InChI is InChI=1S/C17H24N4O2/c1-3-9-21-15-13(16(22)20(4-2)17(21)23)18-14(19-15)12(10-5-6-10)11-7-8-11/h10-12H,3-9H2,1-2H3,(H,18,19). The molecule has 2 aliphatic rings. The third-order valence-corrected chi connectivity index (χ3v) is 5.22. The minimum atomic E-state index is -0.237. The smallest absolute Gasteiger partial charge is 0.332 e. The summed E-state index contributed by atoms with van der Waals surface area (Å²) in [7, 11) is 0. The van der Waals surface area contributed by atoms with Crippen LogP contribution in [0, 0.1) is 11.8 Å². The first-order valence-electron chi connectivity index (χ1n) is 8.88. The van der Waals surface area contributed by atoms with Crippen LogP contribution >= 0.6 is 0 Å². The van der Waals surface area contributed by atoms with E-state index in [9.17, 15) is 9.59 Å². The summed E-state index contributed by atoms with van der Waals surface area (Å²) in [6.45, 7) is 4.85. The first-order valence-corrected chi connectivity index (χ1v) is 8.88. The van der Waals surface area contributed by atoms with Crippen LogP contribution in [-0.4, -0.2) is 19.1 Å². The van der Waals surface area contributed by atoms with Crippen molar-refractivity contribution in [2.45, 2.75) is 65.0 Å². The van der Waals surface area contributed by atoms with Gasteiger partial charge in [-0.3, -0.25) is 13.9 Å². The summed E-state index contributed by atoms with van der Waals surface area (Å²) >= 11 is 0. The molecule has 2 heterocycles. The molecule has 2 aromatic rings. The van der Waals surface area contributed by atoms with E-state index in [0.29, 0.717) is 42.0 Å². The minimum absolute atomic E-state index is 0.232.